The molecule has 0 bridgehead atoms. The molecule has 2 nitrogen and oxygen atoms in total. The minimum absolute atomic E-state index is 0.208. The fraction of sp³-hybridized carbons (Fsp3) is 0.783. The SMILES string of the molecule is CCCCC/C=C\C/C=C\CCCCCCC(C)(C)C(=O)NCCC. The van der Waals surface area contributed by atoms with Gasteiger partial charge in [-0.1, -0.05) is 84.1 Å². The van der Waals surface area contributed by atoms with Crippen LogP contribution in [0.5, 0.6) is 0 Å². The van der Waals surface area contributed by atoms with Gasteiger partial charge in [0.1, 0.15) is 0 Å². The zero-order valence-electron chi connectivity index (χ0n) is 17.4. The molecule has 0 rings (SSSR count). The first kappa shape index (κ1) is 23.9. The molecule has 0 aromatic heterocycles. The second kappa shape index (κ2) is 16.4. The number of rotatable bonds is 16. The summed E-state index contributed by atoms with van der Waals surface area (Å²) in [6.45, 7) is 9.26. The lowest BCUT2D eigenvalue weighted by Crippen LogP contribution is -2.37. The van der Waals surface area contributed by atoms with Crippen LogP contribution < -0.4 is 5.32 Å². The molecule has 0 heterocycles. The third kappa shape index (κ3) is 15.0. The highest BCUT2D eigenvalue weighted by atomic mass is 16.2. The quantitative estimate of drug-likeness (QED) is 0.237. The molecule has 0 fully saturated rings. The number of carbonyl (C=O) groups is 1. The smallest absolute Gasteiger partial charge is 0.225 e. The molecule has 146 valence electrons. The van der Waals surface area contributed by atoms with Crippen molar-refractivity contribution in [2.75, 3.05) is 6.54 Å². The molecule has 1 N–H and O–H groups in total. The zero-order chi connectivity index (χ0) is 18.8. The van der Waals surface area contributed by atoms with Crippen molar-refractivity contribution in [2.45, 2.75) is 105 Å². The van der Waals surface area contributed by atoms with E-state index >= 15 is 0 Å². The van der Waals surface area contributed by atoms with Gasteiger partial charge in [-0.15, -0.1) is 0 Å². The second-order valence-corrected chi connectivity index (χ2v) is 7.77. The van der Waals surface area contributed by atoms with Crippen LogP contribution in [0.3, 0.4) is 0 Å². The molecule has 2 heteroatoms. The van der Waals surface area contributed by atoms with Crippen LogP contribution in [0.1, 0.15) is 105 Å². The Morgan fingerprint density at radius 2 is 1.40 bits per heavy atom. The third-order valence-corrected chi connectivity index (χ3v) is 4.65. The van der Waals surface area contributed by atoms with E-state index in [1.807, 2.05) is 0 Å². The summed E-state index contributed by atoms with van der Waals surface area (Å²) in [5, 5.41) is 3.02. The molecule has 0 saturated carbocycles. The molecule has 0 radical (unpaired) electrons. The van der Waals surface area contributed by atoms with E-state index in [4.69, 9.17) is 0 Å². The van der Waals surface area contributed by atoms with E-state index in [1.54, 1.807) is 0 Å². The normalized spacial score (nSPS) is 12.3. The summed E-state index contributed by atoms with van der Waals surface area (Å²) in [6, 6.07) is 0. The molecule has 0 aromatic carbocycles. The Hall–Kier alpha value is -1.05. The van der Waals surface area contributed by atoms with Crippen molar-refractivity contribution >= 4 is 5.91 Å². The highest BCUT2D eigenvalue weighted by molar-refractivity contribution is 5.81. The Bertz CT molecular complexity index is 368. The van der Waals surface area contributed by atoms with Gasteiger partial charge in [-0.2, -0.15) is 0 Å². The zero-order valence-corrected chi connectivity index (χ0v) is 17.4. The van der Waals surface area contributed by atoms with Gasteiger partial charge in [-0.25, -0.2) is 0 Å². The maximum Gasteiger partial charge on any atom is 0.225 e. The summed E-state index contributed by atoms with van der Waals surface area (Å²) in [4.78, 5) is 12.1. The van der Waals surface area contributed by atoms with Gasteiger partial charge in [0.25, 0.3) is 0 Å². The second-order valence-electron chi connectivity index (χ2n) is 7.77. The van der Waals surface area contributed by atoms with Gasteiger partial charge in [-0.05, 0) is 44.9 Å². The summed E-state index contributed by atoms with van der Waals surface area (Å²) >= 11 is 0. The predicted molar refractivity (Wildman–Crippen MR) is 112 cm³/mol. The molecule has 0 atom stereocenters. The minimum atomic E-state index is -0.224. The van der Waals surface area contributed by atoms with Crippen molar-refractivity contribution in [1.29, 1.82) is 0 Å². The summed E-state index contributed by atoms with van der Waals surface area (Å²) < 4.78 is 0. The Morgan fingerprint density at radius 1 is 0.800 bits per heavy atom. The predicted octanol–water partition coefficient (Wildman–Crippen LogP) is 6.96. The van der Waals surface area contributed by atoms with Crippen LogP contribution >= 0.6 is 0 Å². The highest BCUT2D eigenvalue weighted by Crippen LogP contribution is 2.24. The first-order valence-corrected chi connectivity index (χ1v) is 10.6. The fourth-order valence-electron chi connectivity index (χ4n) is 2.79. The molecule has 0 unspecified atom stereocenters. The molecule has 25 heavy (non-hydrogen) atoms. The molecule has 1 amide bonds. The first-order chi connectivity index (χ1) is 12.0. The number of unbranched alkanes of at least 4 members (excludes halogenated alkanes) is 7. The maximum absolute atomic E-state index is 12.1. The van der Waals surface area contributed by atoms with Crippen LogP contribution in [-0.2, 0) is 4.79 Å². The topological polar surface area (TPSA) is 29.1 Å². The van der Waals surface area contributed by atoms with Crippen molar-refractivity contribution < 1.29 is 4.79 Å². The minimum Gasteiger partial charge on any atom is -0.356 e. The van der Waals surface area contributed by atoms with Gasteiger partial charge in [0.15, 0.2) is 0 Å². The Labute approximate surface area is 157 Å². The van der Waals surface area contributed by atoms with Gasteiger partial charge in [0.05, 0.1) is 0 Å². The largest absolute Gasteiger partial charge is 0.356 e. The number of allylic oxidation sites excluding steroid dienone is 4. The maximum atomic E-state index is 12.1. The number of hydrogen-bond acceptors (Lipinski definition) is 1. The van der Waals surface area contributed by atoms with Crippen molar-refractivity contribution in [3.05, 3.63) is 24.3 Å². The average molecular weight is 350 g/mol. The molecule has 0 aliphatic carbocycles. The van der Waals surface area contributed by atoms with Crippen molar-refractivity contribution in [1.82, 2.24) is 5.32 Å². The summed E-state index contributed by atoms with van der Waals surface area (Å²) in [7, 11) is 0. The van der Waals surface area contributed by atoms with Crippen LogP contribution in [0.2, 0.25) is 0 Å². The van der Waals surface area contributed by atoms with Crippen molar-refractivity contribution in [3.8, 4) is 0 Å². The number of nitrogens with one attached hydrogen (secondary N) is 1. The lowest BCUT2D eigenvalue weighted by atomic mass is 9.85. The number of amides is 1. The standard InChI is InChI=1S/C23H43NO/c1-5-7-8-9-10-11-12-13-14-15-16-17-18-19-20-23(3,4)22(25)24-21-6-2/h10-11,13-14H,5-9,12,15-21H2,1-4H3,(H,24,25)/b11-10-,14-13-. The number of hydrogen-bond donors (Lipinski definition) is 1. The summed E-state index contributed by atoms with van der Waals surface area (Å²) in [5.41, 5.74) is -0.224. The average Bonchev–Trinajstić information content (AvgIpc) is 2.59. The molecule has 0 saturated heterocycles. The van der Waals surface area contributed by atoms with E-state index in [0.29, 0.717) is 0 Å². The summed E-state index contributed by atoms with van der Waals surface area (Å²) in [5.74, 6) is 0.208. The van der Waals surface area contributed by atoms with Crippen LogP contribution in [0, 0.1) is 5.41 Å². The van der Waals surface area contributed by atoms with E-state index in [0.717, 1.165) is 32.2 Å². The first-order valence-electron chi connectivity index (χ1n) is 10.6. The monoisotopic (exact) mass is 349 g/mol. The lowest BCUT2D eigenvalue weighted by Gasteiger charge is -2.23. The van der Waals surface area contributed by atoms with Crippen LogP contribution in [0.15, 0.2) is 24.3 Å². The highest BCUT2D eigenvalue weighted by Gasteiger charge is 2.26. The number of carbonyl (C=O) groups excluding carboxylic acids is 1. The molecule has 0 spiro atoms. The molecule has 0 aromatic rings. The van der Waals surface area contributed by atoms with Gasteiger partial charge >= 0.3 is 0 Å². The molecular weight excluding hydrogens is 306 g/mol. The Morgan fingerprint density at radius 3 is 2.00 bits per heavy atom. The van der Waals surface area contributed by atoms with E-state index < -0.39 is 0 Å². The van der Waals surface area contributed by atoms with Crippen LogP contribution in [-0.4, -0.2) is 12.5 Å². The Kier molecular flexibility index (Phi) is 15.7. The van der Waals surface area contributed by atoms with Crippen molar-refractivity contribution in [3.63, 3.8) is 0 Å². The summed E-state index contributed by atoms with van der Waals surface area (Å²) in [6.07, 6.45) is 23.6. The van der Waals surface area contributed by atoms with Crippen LogP contribution in [0.25, 0.3) is 0 Å². The van der Waals surface area contributed by atoms with Gasteiger partial charge in [0, 0.05) is 12.0 Å². The van der Waals surface area contributed by atoms with Gasteiger partial charge in [0.2, 0.25) is 5.91 Å². The van der Waals surface area contributed by atoms with Crippen LogP contribution in [0.4, 0.5) is 0 Å². The lowest BCUT2D eigenvalue weighted by molar-refractivity contribution is -0.129. The van der Waals surface area contributed by atoms with E-state index in [9.17, 15) is 4.79 Å². The third-order valence-electron chi connectivity index (χ3n) is 4.65. The fourth-order valence-corrected chi connectivity index (χ4v) is 2.79. The van der Waals surface area contributed by atoms with Crippen molar-refractivity contribution in [2.24, 2.45) is 5.41 Å². The van der Waals surface area contributed by atoms with E-state index in [-0.39, 0.29) is 11.3 Å². The van der Waals surface area contributed by atoms with E-state index in [1.165, 1.54) is 51.4 Å². The molecular formula is C23H43NO. The molecule has 0 aliphatic heterocycles. The molecule has 0 aliphatic rings. The Balaban J connectivity index is 3.54. The van der Waals surface area contributed by atoms with Gasteiger partial charge < -0.3 is 5.32 Å². The van der Waals surface area contributed by atoms with Gasteiger partial charge in [-0.3, -0.25) is 4.79 Å². The van der Waals surface area contributed by atoms with E-state index in [2.05, 4.69) is 57.3 Å².